The fourth-order valence-electron chi connectivity index (χ4n) is 2.05. The Bertz CT molecular complexity index is 405. The average molecular weight is 290 g/mol. The second kappa shape index (κ2) is 6.17. The fraction of sp³-hybridized carbons (Fsp3) is 0.583. The Morgan fingerprint density at radius 3 is 3.00 bits per heavy atom. The number of pyridine rings is 1. The highest BCUT2D eigenvalue weighted by molar-refractivity contribution is 6.35. The Morgan fingerprint density at radius 2 is 2.33 bits per heavy atom. The number of nitrogens with zero attached hydrogens (tertiary/aromatic N) is 2. The zero-order valence-electron chi connectivity index (χ0n) is 10.3. The molecule has 1 saturated heterocycles. The molecule has 0 aliphatic carbocycles. The van der Waals surface area contributed by atoms with Crippen LogP contribution >= 0.6 is 23.2 Å². The largest absolute Gasteiger partial charge is 0.374 e. The number of aromatic nitrogens is 1. The first-order chi connectivity index (χ1) is 8.60. The molecule has 1 aromatic rings. The van der Waals surface area contributed by atoms with Crippen LogP contribution in [-0.4, -0.2) is 42.2 Å². The Balaban J connectivity index is 2.09. The summed E-state index contributed by atoms with van der Waals surface area (Å²) in [6, 6.07) is 1.84. The standard InChI is InChI=1S/C12H17Cl2N3O/c1-8-4-11(13)10(12(14)16-8)7-17-2-3-18-9(5-15)6-17/h4,9H,2-3,5-7,15H2,1H3. The Hall–Kier alpha value is -0.390. The van der Waals surface area contributed by atoms with Gasteiger partial charge in [-0.2, -0.15) is 0 Å². The lowest BCUT2D eigenvalue weighted by Gasteiger charge is -2.32. The molecule has 0 bridgehead atoms. The van der Waals surface area contributed by atoms with Gasteiger partial charge in [0.1, 0.15) is 5.15 Å². The van der Waals surface area contributed by atoms with Crippen LogP contribution in [0.2, 0.25) is 10.2 Å². The van der Waals surface area contributed by atoms with Crippen LogP contribution in [0.25, 0.3) is 0 Å². The highest BCUT2D eigenvalue weighted by atomic mass is 35.5. The molecule has 0 saturated carbocycles. The van der Waals surface area contributed by atoms with E-state index in [9.17, 15) is 0 Å². The number of morpholine rings is 1. The first kappa shape index (κ1) is 14.0. The summed E-state index contributed by atoms with van der Waals surface area (Å²) in [5.41, 5.74) is 7.33. The summed E-state index contributed by atoms with van der Waals surface area (Å²) in [6.07, 6.45) is 0.0923. The maximum absolute atomic E-state index is 6.22. The number of aryl methyl sites for hydroxylation is 1. The van der Waals surface area contributed by atoms with Crippen LogP contribution < -0.4 is 5.73 Å². The molecule has 1 aromatic heterocycles. The second-order valence-corrected chi connectivity index (χ2v) is 5.24. The van der Waals surface area contributed by atoms with E-state index in [1.54, 1.807) is 0 Å². The molecule has 0 radical (unpaired) electrons. The van der Waals surface area contributed by atoms with E-state index in [1.165, 1.54) is 0 Å². The lowest BCUT2D eigenvalue weighted by molar-refractivity contribution is -0.0260. The summed E-state index contributed by atoms with van der Waals surface area (Å²) < 4.78 is 5.53. The fourth-order valence-corrected chi connectivity index (χ4v) is 2.71. The topological polar surface area (TPSA) is 51.4 Å². The summed E-state index contributed by atoms with van der Waals surface area (Å²) in [4.78, 5) is 6.48. The highest BCUT2D eigenvalue weighted by Gasteiger charge is 2.21. The molecule has 18 heavy (non-hydrogen) atoms. The molecule has 2 rings (SSSR count). The van der Waals surface area contributed by atoms with E-state index >= 15 is 0 Å². The van der Waals surface area contributed by atoms with Crippen molar-refractivity contribution < 1.29 is 4.74 Å². The second-order valence-electron chi connectivity index (χ2n) is 4.48. The van der Waals surface area contributed by atoms with Gasteiger partial charge in [-0.25, -0.2) is 4.98 Å². The third-order valence-corrected chi connectivity index (χ3v) is 3.66. The normalized spacial score (nSPS) is 21.2. The molecule has 0 aromatic carbocycles. The van der Waals surface area contributed by atoms with Crippen molar-refractivity contribution in [3.8, 4) is 0 Å². The van der Waals surface area contributed by atoms with E-state index in [1.807, 2.05) is 13.0 Å². The van der Waals surface area contributed by atoms with Crippen molar-refractivity contribution in [2.75, 3.05) is 26.2 Å². The molecule has 2 heterocycles. The molecule has 0 amide bonds. The van der Waals surface area contributed by atoms with Crippen molar-refractivity contribution in [2.45, 2.75) is 19.6 Å². The van der Waals surface area contributed by atoms with E-state index in [-0.39, 0.29) is 6.10 Å². The van der Waals surface area contributed by atoms with Crippen LogP contribution in [0.5, 0.6) is 0 Å². The molecule has 1 unspecified atom stereocenters. The van der Waals surface area contributed by atoms with Crippen molar-refractivity contribution in [2.24, 2.45) is 5.73 Å². The lowest BCUT2D eigenvalue weighted by Crippen LogP contribution is -2.45. The minimum absolute atomic E-state index is 0.0923. The van der Waals surface area contributed by atoms with Gasteiger partial charge in [-0.15, -0.1) is 0 Å². The molecule has 0 spiro atoms. The molecular formula is C12H17Cl2N3O. The zero-order chi connectivity index (χ0) is 13.1. The number of halogens is 2. The third-order valence-electron chi connectivity index (χ3n) is 3.01. The lowest BCUT2D eigenvalue weighted by atomic mass is 10.2. The molecular weight excluding hydrogens is 273 g/mol. The van der Waals surface area contributed by atoms with Gasteiger partial charge in [-0.1, -0.05) is 23.2 Å². The van der Waals surface area contributed by atoms with Crippen LogP contribution in [0.1, 0.15) is 11.3 Å². The number of ether oxygens (including phenoxy) is 1. The summed E-state index contributed by atoms with van der Waals surface area (Å²) in [5.74, 6) is 0. The summed E-state index contributed by atoms with van der Waals surface area (Å²) in [7, 11) is 0. The quantitative estimate of drug-likeness (QED) is 0.863. The number of rotatable bonds is 3. The van der Waals surface area contributed by atoms with Crippen LogP contribution in [0.3, 0.4) is 0 Å². The maximum atomic E-state index is 6.22. The van der Waals surface area contributed by atoms with Gasteiger partial charge in [0.25, 0.3) is 0 Å². The monoisotopic (exact) mass is 289 g/mol. The Labute approximate surface area is 117 Å². The zero-order valence-corrected chi connectivity index (χ0v) is 11.8. The van der Waals surface area contributed by atoms with Gasteiger partial charge in [0.2, 0.25) is 0 Å². The first-order valence-electron chi connectivity index (χ1n) is 5.95. The van der Waals surface area contributed by atoms with Crippen LogP contribution in [0, 0.1) is 6.92 Å². The molecule has 4 nitrogen and oxygen atoms in total. The molecule has 100 valence electrons. The van der Waals surface area contributed by atoms with E-state index in [0.717, 1.165) is 24.3 Å². The minimum Gasteiger partial charge on any atom is -0.374 e. The van der Waals surface area contributed by atoms with Crippen molar-refractivity contribution in [1.82, 2.24) is 9.88 Å². The van der Waals surface area contributed by atoms with Gasteiger partial charge in [-0.3, -0.25) is 4.90 Å². The maximum Gasteiger partial charge on any atom is 0.135 e. The number of hydrogen-bond donors (Lipinski definition) is 1. The molecule has 1 atom stereocenters. The van der Waals surface area contributed by atoms with Crippen LogP contribution in [0.4, 0.5) is 0 Å². The van der Waals surface area contributed by atoms with Crippen molar-refractivity contribution in [1.29, 1.82) is 0 Å². The predicted molar refractivity (Wildman–Crippen MR) is 73.1 cm³/mol. The number of nitrogens with two attached hydrogens (primary N) is 1. The first-order valence-corrected chi connectivity index (χ1v) is 6.71. The van der Waals surface area contributed by atoms with E-state index < -0.39 is 0 Å². The van der Waals surface area contributed by atoms with Gasteiger partial charge >= 0.3 is 0 Å². The predicted octanol–water partition coefficient (Wildman–Crippen LogP) is 1.86. The van der Waals surface area contributed by atoms with Gasteiger partial charge in [0.05, 0.1) is 12.7 Å². The molecule has 1 aliphatic heterocycles. The molecule has 1 fully saturated rings. The average Bonchev–Trinajstić information content (AvgIpc) is 2.34. The van der Waals surface area contributed by atoms with Crippen molar-refractivity contribution >= 4 is 23.2 Å². The van der Waals surface area contributed by atoms with Crippen molar-refractivity contribution in [3.05, 3.63) is 27.5 Å². The Morgan fingerprint density at radius 1 is 1.56 bits per heavy atom. The van der Waals surface area contributed by atoms with Gasteiger partial charge < -0.3 is 10.5 Å². The molecule has 2 N–H and O–H groups in total. The minimum atomic E-state index is 0.0923. The molecule has 6 heteroatoms. The van der Waals surface area contributed by atoms with Crippen molar-refractivity contribution in [3.63, 3.8) is 0 Å². The third kappa shape index (κ3) is 3.33. The number of hydrogen-bond acceptors (Lipinski definition) is 4. The van der Waals surface area contributed by atoms with Gasteiger partial charge in [-0.05, 0) is 13.0 Å². The van der Waals surface area contributed by atoms with Crippen LogP contribution in [0.15, 0.2) is 6.07 Å². The van der Waals surface area contributed by atoms with E-state index in [0.29, 0.717) is 29.9 Å². The Kier molecular flexibility index (Phi) is 4.81. The van der Waals surface area contributed by atoms with Crippen LogP contribution in [-0.2, 0) is 11.3 Å². The molecule has 1 aliphatic rings. The van der Waals surface area contributed by atoms with E-state index in [4.69, 9.17) is 33.7 Å². The summed E-state index contributed by atoms with van der Waals surface area (Å²) in [5, 5.41) is 1.15. The van der Waals surface area contributed by atoms with Gasteiger partial charge in [0, 0.05) is 42.5 Å². The smallest absolute Gasteiger partial charge is 0.135 e. The summed E-state index contributed by atoms with van der Waals surface area (Å²) in [6.45, 7) is 5.44. The highest BCUT2D eigenvalue weighted by Crippen LogP contribution is 2.25. The SMILES string of the molecule is Cc1cc(Cl)c(CN2CCOC(CN)C2)c(Cl)n1. The van der Waals surface area contributed by atoms with Gasteiger partial charge in [0.15, 0.2) is 0 Å². The van der Waals surface area contributed by atoms with E-state index in [2.05, 4.69) is 9.88 Å². The summed E-state index contributed by atoms with van der Waals surface area (Å²) >= 11 is 12.4.